The highest BCUT2D eigenvalue weighted by Crippen LogP contribution is 2.23. The second kappa shape index (κ2) is 14.9. The number of phenolic OH excluding ortho intramolecular Hbond substituents is 1. The van der Waals surface area contributed by atoms with Crippen LogP contribution in [0.2, 0.25) is 0 Å². The van der Waals surface area contributed by atoms with Gasteiger partial charge in [0.05, 0.1) is 26.2 Å². The third kappa shape index (κ3) is 11.7. The van der Waals surface area contributed by atoms with Gasteiger partial charge in [0, 0.05) is 0 Å². The van der Waals surface area contributed by atoms with Crippen molar-refractivity contribution in [2.75, 3.05) is 26.2 Å². The third-order valence-corrected chi connectivity index (χ3v) is 5.68. The van der Waals surface area contributed by atoms with Crippen LogP contribution >= 0.6 is 0 Å². The van der Waals surface area contributed by atoms with E-state index in [1.54, 1.807) is 12.1 Å². The molecule has 0 atom stereocenters. The maximum Gasteiger partial charge on any atom is 0.115 e. The molecule has 0 radical (unpaired) electrons. The average molecular weight is 393 g/mol. The molecule has 0 aliphatic heterocycles. The van der Waals surface area contributed by atoms with E-state index in [1.807, 2.05) is 12.1 Å². The van der Waals surface area contributed by atoms with Crippen molar-refractivity contribution in [3.8, 4) is 5.75 Å². The molecule has 0 aromatic heterocycles. The van der Waals surface area contributed by atoms with Crippen LogP contribution in [0.3, 0.4) is 0 Å². The summed E-state index contributed by atoms with van der Waals surface area (Å²) in [5.41, 5.74) is 1.42. The summed E-state index contributed by atoms with van der Waals surface area (Å²) >= 11 is 0. The predicted octanol–water partition coefficient (Wildman–Crippen LogP) is 7.69. The van der Waals surface area contributed by atoms with E-state index in [2.05, 4.69) is 48.5 Å². The van der Waals surface area contributed by atoms with E-state index in [0.29, 0.717) is 5.75 Å². The maximum absolute atomic E-state index is 9.02. The summed E-state index contributed by atoms with van der Waals surface area (Å²) < 4.78 is 1.42. The highest BCUT2D eigenvalue weighted by atomic mass is 16.3. The Morgan fingerprint density at radius 3 is 1.21 bits per heavy atom. The zero-order valence-electron chi connectivity index (χ0n) is 20.2. The number of rotatable bonds is 12. The van der Waals surface area contributed by atoms with Crippen LogP contribution in [0.1, 0.15) is 105 Å². The molecule has 0 spiro atoms. The van der Waals surface area contributed by atoms with Gasteiger partial charge in [-0.25, -0.2) is 0 Å². The third-order valence-electron chi connectivity index (χ3n) is 5.68. The zero-order chi connectivity index (χ0) is 21.5. The van der Waals surface area contributed by atoms with Crippen molar-refractivity contribution in [2.45, 2.75) is 105 Å². The molecule has 0 saturated carbocycles. The molecule has 1 N–H and O–H groups in total. The molecule has 0 bridgehead atoms. The number of quaternary nitrogens is 1. The number of unbranched alkanes of at least 4 members (excludes halogenated alkanes) is 4. The molecule has 0 unspecified atom stereocenters. The molecule has 0 aliphatic rings. The fraction of sp³-hybridized carbons (Fsp3) is 0.769. The smallest absolute Gasteiger partial charge is 0.115 e. The Morgan fingerprint density at radius 1 is 0.643 bits per heavy atom. The number of benzene rings is 1. The molecular weight excluding hydrogens is 342 g/mol. The van der Waals surface area contributed by atoms with Gasteiger partial charge in [0.2, 0.25) is 0 Å². The standard InChI is InChI=1S/C16H36N.C10H14O/c1-5-9-13-17(14-10-6-2,15-11-7-3)16-12-8-4;1-10(2,3)8-4-6-9(11)7-5-8/h5-16H2,1-4H3;4-7,11H,1-3H3/q+1;. The molecule has 28 heavy (non-hydrogen) atoms. The van der Waals surface area contributed by atoms with E-state index in [-0.39, 0.29) is 5.41 Å². The molecule has 0 aliphatic carbocycles. The maximum atomic E-state index is 9.02. The van der Waals surface area contributed by atoms with Gasteiger partial charge in [-0.15, -0.1) is 0 Å². The van der Waals surface area contributed by atoms with Gasteiger partial charge < -0.3 is 9.59 Å². The first kappa shape index (κ1) is 27.0. The van der Waals surface area contributed by atoms with E-state index < -0.39 is 0 Å². The molecule has 0 heterocycles. The second-order valence-corrected chi connectivity index (χ2v) is 9.45. The topological polar surface area (TPSA) is 20.2 Å². The van der Waals surface area contributed by atoms with Crippen LogP contribution in [0.5, 0.6) is 5.75 Å². The van der Waals surface area contributed by atoms with Crippen molar-refractivity contribution >= 4 is 0 Å². The minimum Gasteiger partial charge on any atom is -0.508 e. The van der Waals surface area contributed by atoms with E-state index in [0.717, 1.165) is 0 Å². The molecule has 164 valence electrons. The summed E-state index contributed by atoms with van der Waals surface area (Å²) in [5, 5.41) is 9.02. The first-order valence-electron chi connectivity index (χ1n) is 11.9. The highest BCUT2D eigenvalue weighted by molar-refractivity contribution is 5.29. The van der Waals surface area contributed by atoms with Gasteiger partial charge in [0.1, 0.15) is 5.75 Å². The molecular formula is C26H50NO+. The van der Waals surface area contributed by atoms with E-state index in [1.165, 1.54) is 87.6 Å². The summed E-state index contributed by atoms with van der Waals surface area (Å²) in [6.45, 7) is 21.5. The van der Waals surface area contributed by atoms with Crippen molar-refractivity contribution < 1.29 is 9.59 Å². The van der Waals surface area contributed by atoms with Crippen LogP contribution < -0.4 is 0 Å². The van der Waals surface area contributed by atoms with Gasteiger partial charge >= 0.3 is 0 Å². The summed E-state index contributed by atoms with van der Waals surface area (Å²) in [4.78, 5) is 0. The number of hydrogen-bond donors (Lipinski definition) is 1. The van der Waals surface area contributed by atoms with Gasteiger partial charge in [-0.05, 0) is 48.8 Å². The van der Waals surface area contributed by atoms with Gasteiger partial charge in [0.15, 0.2) is 0 Å². The average Bonchev–Trinajstić information content (AvgIpc) is 2.67. The summed E-state index contributed by atoms with van der Waals surface area (Å²) in [6, 6.07) is 7.35. The van der Waals surface area contributed by atoms with Crippen molar-refractivity contribution in [2.24, 2.45) is 0 Å². The largest absolute Gasteiger partial charge is 0.508 e. The van der Waals surface area contributed by atoms with Gasteiger partial charge in [0.25, 0.3) is 0 Å². The minimum atomic E-state index is 0.174. The molecule has 0 saturated heterocycles. The van der Waals surface area contributed by atoms with Gasteiger partial charge in [-0.1, -0.05) is 86.3 Å². The quantitative estimate of drug-likeness (QED) is 0.361. The van der Waals surface area contributed by atoms with E-state index in [9.17, 15) is 0 Å². The number of hydrogen-bond acceptors (Lipinski definition) is 1. The summed E-state index contributed by atoms with van der Waals surface area (Å²) in [6.07, 6.45) is 11.1. The molecule has 2 nitrogen and oxygen atoms in total. The lowest BCUT2D eigenvalue weighted by Gasteiger charge is -2.39. The lowest BCUT2D eigenvalue weighted by Crippen LogP contribution is -2.50. The van der Waals surface area contributed by atoms with Crippen molar-refractivity contribution in [1.82, 2.24) is 0 Å². The first-order chi connectivity index (χ1) is 13.2. The van der Waals surface area contributed by atoms with Gasteiger partial charge in [-0.2, -0.15) is 0 Å². The fourth-order valence-corrected chi connectivity index (χ4v) is 3.61. The molecule has 2 heteroatoms. The Labute approximate surface area is 177 Å². The predicted molar refractivity (Wildman–Crippen MR) is 126 cm³/mol. The normalized spacial score (nSPS) is 11.8. The number of nitrogens with zero attached hydrogens (tertiary/aromatic N) is 1. The van der Waals surface area contributed by atoms with Crippen molar-refractivity contribution in [3.63, 3.8) is 0 Å². The monoisotopic (exact) mass is 392 g/mol. The second-order valence-electron chi connectivity index (χ2n) is 9.45. The van der Waals surface area contributed by atoms with Crippen molar-refractivity contribution in [3.05, 3.63) is 29.8 Å². The minimum absolute atomic E-state index is 0.174. The highest BCUT2D eigenvalue weighted by Gasteiger charge is 2.24. The zero-order valence-corrected chi connectivity index (χ0v) is 20.2. The molecule has 0 fully saturated rings. The lowest BCUT2D eigenvalue weighted by atomic mass is 9.87. The van der Waals surface area contributed by atoms with Crippen LogP contribution in [-0.4, -0.2) is 35.8 Å². The molecule has 1 aromatic carbocycles. The van der Waals surface area contributed by atoms with Crippen LogP contribution in [0.25, 0.3) is 0 Å². The Bertz CT molecular complexity index is 435. The Kier molecular flexibility index (Phi) is 14.4. The fourth-order valence-electron chi connectivity index (χ4n) is 3.61. The Hall–Kier alpha value is -1.02. The Balaban J connectivity index is 0.000000567. The molecule has 1 rings (SSSR count). The van der Waals surface area contributed by atoms with Crippen LogP contribution in [0.4, 0.5) is 0 Å². The van der Waals surface area contributed by atoms with Gasteiger partial charge in [-0.3, -0.25) is 0 Å². The van der Waals surface area contributed by atoms with E-state index >= 15 is 0 Å². The Morgan fingerprint density at radius 2 is 0.964 bits per heavy atom. The lowest BCUT2D eigenvalue weighted by molar-refractivity contribution is -0.929. The van der Waals surface area contributed by atoms with Crippen LogP contribution in [0, 0.1) is 0 Å². The van der Waals surface area contributed by atoms with E-state index in [4.69, 9.17) is 5.11 Å². The van der Waals surface area contributed by atoms with Crippen LogP contribution in [-0.2, 0) is 5.41 Å². The number of phenols is 1. The number of aromatic hydroxyl groups is 1. The van der Waals surface area contributed by atoms with Crippen molar-refractivity contribution in [1.29, 1.82) is 0 Å². The molecule has 0 amide bonds. The summed E-state index contributed by atoms with van der Waals surface area (Å²) in [5.74, 6) is 0.331. The molecule has 1 aromatic rings. The first-order valence-corrected chi connectivity index (χ1v) is 11.9. The summed E-state index contributed by atoms with van der Waals surface area (Å²) in [7, 11) is 0. The SMILES string of the molecule is CC(C)(C)c1ccc(O)cc1.CCCC[N+](CCCC)(CCCC)CCCC. The van der Waals surface area contributed by atoms with Crippen LogP contribution in [0.15, 0.2) is 24.3 Å².